The van der Waals surface area contributed by atoms with Crippen LogP contribution in [-0.4, -0.2) is 41.7 Å². The van der Waals surface area contributed by atoms with Gasteiger partial charge in [-0.1, -0.05) is 42.5 Å². The minimum atomic E-state index is -0.830. The Morgan fingerprint density at radius 3 is 2.68 bits per heavy atom. The van der Waals surface area contributed by atoms with E-state index in [0.29, 0.717) is 25.9 Å². The van der Waals surface area contributed by atoms with Crippen molar-refractivity contribution in [1.29, 1.82) is 0 Å². The molecule has 28 heavy (non-hydrogen) atoms. The molecule has 1 N–H and O–H groups in total. The van der Waals surface area contributed by atoms with Crippen molar-refractivity contribution >= 4 is 23.9 Å². The molecule has 1 spiro atoms. The maximum atomic E-state index is 12.9. The van der Waals surface area contributed by atoms with Crippen molar-refractivity contribution in [3.63, 3.8) is 0 Å². The van der Waals surface area contributed by atoms with Gasteiger partial charge >= 0.3 is 6.09 Å². The molecule has 0 unspecified atom stereocenters. The van der Waals surface area contributed by atoms with Crippen LogP contribution < -0.4 is 5.32 Å². The van der Waals surface area contributed by atoms with Gasteiger partial charge in [0.1, 0.15) is 12.1 Å². The number of rotatable bonds is 2. The van der Waals surface area contributed by atoms with Crippen LogP contribution >= 0.6 is 0 Å². The highest BCUT2D eigenvalue weighted by Gasteiger charge is 2.43. The summed E-state index contributed by atoms with van der Waals surface area (Å²) in [7, 11) is 0. The van der Waals surface area contributed by atoms with Gasteiger partial charge in [0.2, 0.25) is 0 Å². The Morgan fingerprint density at radius 1 is 1.18 bits per heavy atom. The van der Waals surface area contributed by atoms with Crippen LogP contribution in [0.5, 0.6) is 0 Å². The first-order valence-corrected chi connectivity index (χ1v) is 9.49. The number of hydrogen-bond acceptors (Lipinski definition) is 4. The van der Waals surface area contributed by atoms with Crippen molar-refractivity contribution < 1.29 is 14.3 Å². The smallest absolute Gasteiger partial charge is 0.410 e. The third-order valence-electron chi connectivity index (χ3n) is 5.38. The number of carbonyl (C=O) groups is 2. The minimum absolute atomic E-state index is 0.106. The van der Waals surface area contributed by atoms with E-state index >= 15 is 0 Å². The minimum Gasteiger partial charge on any atom is -0.445 e. The Labute approximate surface area is 164 Å². The molecule has 2 amide bonds. The van der Waals surface area contributed by atoms with Crippen LogP contribution in [-0.2, 0) is 16.1 Å². The highest BCUT2D eigenvalue weighted by atomic mass is 16.6. The third kappa shape index (κ3) is 3.63. The fourth-order valence-electron chi connectivity index (χ4n) is 3.61. The largest absolute Gasteiger partial charge is 0.445 e. The van der Waals surface area contributed by atoms with E-state index in [4.69, 9.17) is 4.74 Å². The van der Waals surface area contributed by atoms with Crippen LogP contribution in [0.4, 0.5) is 10.5 Å². The van der Waals surface area contributed by atoms with E-state index in [0.717, 1.165) is 22.4 Å². The summed E-state index contributed by atoms with van der Waals surface area (Å²) in [5, 5.41) is 3.02. The summed E-state index contributed by atoms with van der Waals surface area (Å²) in [5.41, 5.74) is 2.89. The van der Waals surface area contributed by atoms with Crippen molar-refractivity contribution in [2.75, 3.05) is 18.4 Å². The summed E-state index contributed by atoms with van der Waals surface area (Å²) < 4.78 is 5.41. The summed E-state index contributed by atoms with van der Waals surface area (Å²) in [5.74, 6) is -0.106. The molecular weight excluding hydrogens is 354 g/mol. The normalized spacial score (nSPS) is 17.6. The van der Waals surface area contributed by atoms with Crippen LogP contribution in [0.15, 0.2) is 53.5 Å². The number of amides is 2. The molecule has 2 aliphatic rings. The molecule has 0 atom stereocenters. The number of anilines is 1. The molecule has 6 heteroatoms. The highest BCUT2D eigenvalue weighted by molar-refractivity contribution is 6.06. The van der Waals surface area contributed by atoms with Crippen LogP contribution in [0.2, 0.25) is 0 Å². The molecule has 0 radical (unpaired) electrons. The Balaban J connectivity index is 1.39. The van der Waals surface area contributed by atoms with E-state index in [1.54, 1.807) is 11.1 Å². The Kier molecular flexibility index (Phi) is 4.86. The highest BCUT2D eigenvalue weighted by Crippen LogP contribution is 2.32. The standard InChI is InChI=1S/C22H23N3O3/c1-16-7-8-18-14-23-22(20(26)24-19(18)13-16)9-11-25(12-10-22)21(27)28-15-17-5-3-2-4-6-17/h2-8,13-14H,9-12,15H2,1H3,(H,24,26). The average molecular weight is 377 g/mol. The van der Waals surface area contributed by atoms with Gasteiger partial charge in [0.15, 0.2) is 0 Å². The molecule has 2 aliphatic heterocycles. The summed E-state index contributed by atoms with van der Waals surface area (Å²) in [6, 6.07) is 15.5. The number of carbonyl (C=O) groups excluding carboxylic acids is 2. The maximum Gasteiger partial charge on any atom is 0.410 e. The van der Waals surface area contributed by atoms with Crippen LogP contribution in [0.3, 0.4) is 0 Å². The van der Waals surface area contributed by atoms with E-state index in [9.17, 15) is 9.59 Å². The Bertz CT molecular complexity index is 916. The van der Waals surface area contributed by atoms with Gasteiger partial charge < -0.3 is 15.0 Å². The Morgan fingerprint density at radius 2 is 1.93 bits per heavy atom. The van der Waals surface area contributed by atoms with E-state index in [2.05, 4.69) is 10.3 Å². The van der Waals surface area contributed by atoms with Crippen LogP contribution in [0.1, 0.15) is 29.5 Å². The number of hydrogen-bond donors (Lipinski definition) is 1. The molecule has 6 nitrogen and oxygen atoms in total. The summed E-state index contributed by atoms with van der Waals surface area (Å²) in [6.07, 6.45) is 2.37. The van der Waals surface area contributed by atoms with Gasteiger partial charge in [-0.3, -0.25) is 9.79 Å². The van der Waals surface area contributed by atoms with Gasteiger partial charge in [0, 0.05) is 30.6 Å². The molecule has 1 fully saturated rings. The molecule has 2 heterocycles. The second-order valence-electron chi connectivity index (χ2n) is 7.36. The first kappa shape index (κ1) is 18.2. The van der Waals surface area contributed by atoms with Crippen molar-refractivity contribution in [3.05, 3.63) is 65.2 Å². The number of benzene rings is 2. The molecule has 1 saturated heterocycles. The van der Waals surface area contributed by atoms with E-state index in [-0.39, 0.29) is 18.6 Å². The average Bonchev–Trinajstić information content (AvgIpc) is 2.84. The van der Waals surface area contributed by atoms with Crippen molar-refractivity contribution in [2.45, 2.75) is 31.9 Å². The van der Waals surface area contributed by atoms with Gasteiger partial charge in [-0.25, -0.2) is 4.79 Å². The summed E-state index contributed by atoms with van der Waals surface area (Å²) in [4.78, 5) is 31.6. The summed E-state index contributed by atoms with van der Waals surface area (Å²) in [6.45, 7) is 3.11. The van der Waals surface area contributed by atoms with Gasteiger partial charge in [0.05, 0.1) is 0 Å². The maximum absolute atomic E-state index is 12.9. The number of fused-ring (bicyclic) bond motifs is 1. The first-order valence-electron chi connectivity index (χ1n) is 9.49. The zero-order chi connectivity index (χ0) is 19.6. The number of nitrogens with zero attached hydrogens (tertiary/aromatic N) is 2. The number of aliphatic imine (C=N–C) groups is 1. The molecule has 0 saturated carbocycles. The van der Waals surface area contributed by atoms with Crippen molar-refractivity contribution in [2.24, 2.45) is 4.99 Å². The Hall–Kier alpha value is -3.15. The van der Waals surface area contributed by atoms with Crippen molar-refractivity contribution in [3.8, 4) is 0 Å². The van der Waals surface area contributed by atoms with E-state index < -0.39 is 5.54 Å². The number of piperidine rings is 1. The zero-order valence-electron chi connectivity index (χ0n) is 15.9. The lowest BCUT2D eigenvalue weighted by atomic mass is 9.87. The SMILES string of the molecule is Cc1ccc2c(c1)NC(=O)C1(CCN(C(=O)OCc3ccccc3)CC1)N=C2. The number of likely N-dealkylation sites (tertiary alicyclic amines) is 1. The quantitative estimate of drug-likeness (QED) is 0.870. The fourth-order valence-corrected chi connectivity index (χ4v) is 3.61. The first-order chi connectivity index (χ1) is 13.6. The lowest BCUT2D eigenvalue weighted by molar-refractivity contribution is -0.122. The zero-order valence-corrected chi connectivity index (χ0v) is 15.9. The molecular formula is C22H23N3O3. The van der Waals surface area contributed by atoms with Crippen molar-refractivity contribution in [1.82, 2.24) is 4.90 Å². The second kappa shape index (κ2) is 7.46. The molecule has 0 bridgehead atoms. The van der Waals surface area contributed by atoms with Crippen LogP contribution in [0.25, 0.3) is 0 Å². The molecule has 2 aromatic carbocycles. The lowest BCUT2D eigenvalue weighted by Crippen LogP contribution is -2.51. The molecule has 0 aromatic heterocycles. The number of aryl methyl sites for hydroxylation is 1. The molecule has 0 aliphatic carbocycles. The second-order valence-corrected chi connectivity index (χ2v) is 7.36. The predicted molar refractivity (Wildman–Crippen MR) is 108 cm³/mol. The van der Waals surface area contributed by atoms with Crippen LogP contribution in [0, 0.1) is 6.92 Å². The lowest BCUT2D eigenvalue weighted by Gasteiger charge is -2.36. The van der Waals surface area contributed by atoms with E-state index in [1.165, 1.54) is 0 Å². The number of ether oxygens (including phenoxy) is 1. The molecule has 144 valence electrons. The van der Waals surface area contributed by atoms with Gasteiger partial charge in [0.25, 0.3) is 5.91 Å². The monoisotopic (exact) mass is 377 g/mol. The predicted octanol–water partition coefficient (Wildman–Crippen LogP) is 3.54. The van der Waals surface area contributed by atoms with Gasteiger partial charge in [-0.15, -0.1) is 0 Å². The fraction of sp³-hybridized carbons (Fsp3) is 0.318. The number of nitrogens with one attached hydrogen (secondary N) is 1. The van der Waals surface area contributed by atoms with Gasteiger partial charge in [-0.2, -0.15) is 0 Å². The van der Waals surface area contributed by atoms with E-state index in [1.807, 2.05) is 55.5 Å². The van der Waals surface area contributed by atoms with Gasteiger partial charge in [-0.05, 0) is 37.0 Å². The molecule has 4 rings (SSSR count). The summed E-state index contributed by atoms with van der Waals surface area (Å²) >= 11 is 0. The molecule has 2 aromatic rings. The third-order valence-corrected chi connectivity index (χ3v) is 5.38. The topological polar surface area (TPSA) is 71.0 Å².